The zero-order valence-corrected chi connectivity index (χ0v) is 16.8. The lowest BCUT2D eigenvalue weighted by Gasteiger charge is -2.29. The third-order valence-corrected chi connectivity index (χ3v) is 6.66. The summed E-state index contributed by atoms with van der Waals surface area (Å²) in [5.41, 5.74) is 3.20. The van der Waals surface area contributed by atoms with Gasteiger partial charge in [-0.25, -0.2) is 4.98 Å². The molecule has 30 heavy (non-hydrogen) atoms. The van der Waals surface area contributed by atoms with Gasteiger partial charge in [-0.15, -0.1) is 0 Å². The first-order valence-corrected chi connectivity index (χ1v) is 10.5. The molecule has 0 aliphatic carbocycles. The highest BCUT2D eigenvalue weighted by Crippen LogP contribution is 2.29. The third-order valence-electron chi connectivity index (χ3n) is 5.56. The van der Waals surface area contributed by atoms with Gasteiger partial charge in [-0.1, -0.05) is 23.5 Å². The molecule has 3 aliphatic heterocycles. The van der Waals surface area contributed by atoms with E-state index in [-0.39, 0.29) is 24.0 Å². The zero-order valence-electron chi connectivity index (χ0n) is 16.0. The first-order valence-electron chi connectivity index (χ1n) is 9.73. The number of nitrogens with one attached hydrogen (secondary N) is 3. The van der Waals surface area contributed by atoms with Crippen LogP contribution in [-0.2, 0) is 29.2 Å². The molecule has 1 atom stereocenters. The summed E-state index contributed by atoms with van der Waals surface area (Å²) in [6.45, 7) is 1.79. The average molecular weight is 425 g/mol. The number of hydrogen-bond acceptors (Lipinski definition) is 8. The van der Waals surface area contributed by atoms with E-state index in [4.69, 9.17) is 0 Å². The van der Waals surface area contributed by atoms with E-state index in [2.05, 4.69) is 20.9 Å². The Kier molecular flexibility index (Phi) is 4.59. The van der Waals surface area contributed by atoms with Gasteiger partial charge < -0.3 is 15.5 Å². The molecule has 154 valence electrons. The first kappa shape index (κ1) is 18.9. The molecule has 0 radical (unpaired) electrons. The van der Waals surface area contributed by atoms with Crippen LogP contribution in [0.3, 0.4) is 0 Å². The number of ketones is 1. The van der Waals surface area contributed by atoms with Crippen molar-refractivity contribution in [2.45, 2.75) is 38.5 Å². The van der Waals surface area contributed by atoms with E-state index in [1.807, 2.05) is 12.1 Å². The summed E-state index contributed by atoms with van der Waals surface area (Å²) in [6, 6.07) is 4.99. The molecule has 0 spiro atoms. The van der Waals surface area contributed by atoms with Crippen LogP contribution in [0, 0.1) is 0 Å². The van der Waals surface area contributed by atoms with E-state index in [0.717, 1.165) is 16.8 Å². The average Bonchev–Trinajstić information content (AvgIpc) is 3.28. The molecule has 2 aromatic rings. The predicted octanol–water partition coefficient (Wildman–Crippen LogP) is 0.802. The quantitative estimate of drug-likeness (QED) is 0.620. The molecule has 3 aliphatic rings. The largest absolute Gasteiger partial charge is 0.357 e. The van der Waals surface area contributed by atoms with Crippen molar-refractivity contribution in [3.8, 4) is 0 Å². The molecule has 1 unspecified atom stereocenters. The Labute approximate surface area is 175 Å². The molecule has 1 fully saturated rings. The SMILES string of the molecule is O=C1CCC(N2Cc3cc(CNc4nc5c(s4)C(=O)CNC5)ccc3C2=O)C(=O)N1. The van der Waals surface area contributed by atoms with Crippen molar-refractivity contribution in [2.75, 3.05) is 11.9 Å². The molecule has 1 aromatic carbocycles. The number of Topliss-reactive ketones (excluding diaryl/α,β-unsaturated/α-hetero) is 1. The van der Waals surface area contributed by atoms with Gasteiger partial charge in [0.25, 0.3) is 5.91 Å². The van der Waals surface area contributed by atoms with Crippen LogP contribution in [0.4, 0.5) is 5.13 Å². The van der Waals surface area contributed by atoms with E-state index in [0.29, 0.717) is 48.2 Å². The number of anilines is 1. The molecule has 1 aromatic heterocycles. The number of amides is 3. The van der Waals surface area contributed by atoms with Crippen molar-refractivity contribution >= 4 is 40.0 Å². The highest BCUT2D eigenvalue weighted by molar-refractivity contribution is 7.17. The fraction of sp³-hybridized carbons (Fsp3) is 0.350. The molecule has 1 saturated heterocycles. The molecule has 4 heterocycles. The summed E-state index contributed by atoms with van der Waals surface area (Å²) in [4.78, 5) is 54.9. The maximum absolute atomic E-state index is 12.8. The van der Waals surface area contributed by atoms with Gasteiger partial charge in [0.05, 0.1) is 17.1 Å². The van der Waals surface area contributed by atoms with Gasteiger partial charge in [0.2, 0.25) is 11.8 Å². The fourth-order valence-electron chi connectivity index (χ4n) is 4.06. The van der Waals surface area contributed by atoms with E-state index in [1.54, 1.807) is 6.07 Å². The Balaban J connectivity index is 1.28. The summed E-state index contributed by atoms with van der Waals surface area (Å²) >= 11 is 1.36. The molecule has 10 heteroatoms. The number of imide groups is 1. The summed E-state index contributed by atoms with van der Waals surface area (Å²) in [7, 11) is 0. The number of hydrogen-bond donors (Lipinski definition) is 3. The minimum Gasteiger partial charge on any atom is -0.357 e. The van der Waals surface area contributed by atoms with Crippen molar-refractivity contribution in [3.63, 3.8) is 0 Å². The van der Waals surface area contributed by atoms with E-state index < -0.39 is 11.9 Å². The maximum Gasteiger partial charge on any atom is 0.255 e. The highest BCUT2D eigenvalue weighted by atomic mass is 32.1. The number of aromatic nitrogens is 1. The second kappa shape index (κ2) is 7.29. The highest BCUT2D eigenvalue weighted by Gasteiger charge is 2.39. The Morgan fingerprint density at radius 3 is 2.87 bits per heavy atom. The zero-order chi connectivity index (χ0) is 20.8. The third kappa shape index (κ3) is 3.27. The lowest BCUT2D eigenvalue weighted by Crippen LogP contribution is -2.52. The summed E-state index contributed by atoms with van der Waals surface area (Å²) in [5, 5.41) is 9.29. The molecular formula is C20H19N5O4S. The lowest BCUT2D eigenvalue weighted by molar-refractivity contribution is -0.136. The van der Waals surface area contributed by atoms with E-state index in [1.165, 1.54) is 16.2 Å². The standard InChI is InChI=1S/C20H19N5O4S/c26-15-8-21-7-13-17(15)30-20(23-13)22-6-10-1-2-12-11(5-10)9-25(19(12)29)14-3-4-16(27)24-18(14)28/h1-2,5,14,21H,3-4,6-9H2,(H,22,23)(H,24,27,28). The normalized spacial score (nSPS) is 20.8. The van der Waals surface area contributed by atoms with Crippen LogP contribution >= 0.6 is 11.3 Å². The van der Waals surface area contributed by atoms with Crippen molar-refractivity contribution in [3.05, 3.63) is 45.5 Å². The maximum atomic E-state index is 12.8. The minimum absolute atomic E-state index is 0.0615. The Morgan fingerprint density at radius 2 is 2.07 bits per heavy atom. The number of carbonyl (C=O) groups excluding carboxylic acids is 4. The van der Waals surface area contributed by atoms with Crippen LogP contribution in [0.5, 0.6) is 0 Å². The van der Waals surface area contributed by atoms with Crippen molar-refractivity contribution in [1.82, 2.24) is 20.5 Å². The molecule has 0 saturated carbocycles. The van der Waals surface area contributed by atoms with Crippen LogP contribution in [0.25, 0.3) is 0 Å². The Hall–Kier alpha value is -3.11. The summed E-state index contributed by atoms with van der Waals surface area (Å²) < 4.78 is 0. The molecule has 0 bridgehead atoms. The lowest BCUT2D eigenvalue weighted by atomic mass is 10.0. The van der Waals surface area contributed by atoms with Gasteiger partial charge in [0.1, 0.15) is 6.04 Å². The van der Waals surface area contributed by atoms with Crippen molar-refractivity contribution in [1.29, 1.82) is 0 Å². The fourth-order valence-corrected chi connectivity index (χ4v) is 4.97. The number of fused-ring (bicyclic) bond motifs is 2. The first-order chi connectivity index (χ1) is 14.5. The Morgan fingerprint density at radius 1 is 1.20 bits per heavy atom. The second-order valence-corrected chi connectivity index (χ2v) is 8.57. The van der Waals surface area contributed by atoms with Gasteiger partial charge in [-0.05, 0) is 23.6 Å². The number of nitrogens with zero attached hydrogens (tertiary/aromatic N) is 2. The molecule has 5 rings (SSSR count). The van der Waals surface area contributed by atoms with E-state index in [9.17, 15) is 19.2 Å². The smallest absolute Gasteiger partial charge is 0.255 e. The van der Waals surface area contributed by atoms with Crippen LogP contribution in [0.1, 0.15) is 49.7 Å². The van der Waals surface area contributed by atoms with Gasteiger partial charge in [0.15, 0.2) is 10.9 Å². The van der Waals surface area contributed by atoms with Gasteiger partial charge in [-0.2, -0.15) is 0 Å². The predicted molar refractivity (Wildman–Crippen MR) is 108 cm³/mol. The van der Waals surface area contributed by atoms with E-state index >= 15 is 0 Å². The van der Waals surface area contributed by atoms with Crippen LogP contribution in [-0.4, -0.2) is 46.0 Å². The number of thiazole rings is 1. The Bertz CT molecular complexity index is 1090. The van der Waals surface area contributed by atoms with Crippen molar-refractivity contribution in [2.24, 2.45) is 0 Å². The van der Waals surface area contributed by atoms with Gasteiger partial charge in [0, 0.05) is 31.6 Å². The van der Waals surface area contributed by atoms with Crippen LogP contribution < -0.4 is 16.0 Å². The number of carbonyl (C=O) groups is 4. The minimum atomic E-state index is -0.614. The monoisotopic (exact) mass is 425 g/mol. The number of benzene rings is 1. The van der Waals surface area contributed by atoms with Crippen molar-refractivity contribution < 1.29 is 19.2 Å². The summed E-state index contributed by atoms with van der Waals surface area (Å²) in [6.07, 6.45) is 0.586. The molecule has 9 nitrogen and oxygen atoms in total. The number of piperidine rings is 1. The summed E-state index contributed by atoms with van der Waals surface area (Å²) in [5.74, 6) is -0.829. The molecule has 3 amide bonds. The number of rotatable bonds is 4. The van der Waals surface area contributed by atoms with Gasteiger partial charge in [-0.3, -0.25) is 24.5 Å². The topological polar surface area (TPSA) is 120 Å². The van der Waals surface area contributed by atoms with Crippen LogP contribution in [0.15, 0.2) is 18.2 Å². The van der Waals surface area contributed by atoms with Gasteiger partial charge >= 0.3 is 0 Å². The molecular weight excluding hydrogens is 406 g/mol. The second-order valence-electron chi connectivity index (χ2n) is 7.57. The van der Waals surface area contributed by atoms with Crippen LogP contribution in [0.2, 0.25) is 0 Å². The molecule has 3 N–H and O–H groups in total.